The Morgan fingerprint density at radius 2 is 1.81 bits per heavy atom. The topological polar surface area (TPSA) is 91.4 Å². The third-order valence-corrected chi connectivity index (χ3v) is 5.42. The molecule has 0 radical (unpaired) electrons. The number of halogens is 2. The highest BCUT2D eigenvalue weighted by molar-refractivity contribution is 5.79. The largest absolute Gasteiger partial charge is 0.390 e. The van der Waals surface area contributed by atoms with Crippen LogP contribution in [-0.4, -0.2) is 42.1 Å². The lowest BCUT2D eigenvalue weighted by atomic mass is 9.92. The van der Waals surface area contributed by atoms with Gasteiger partial charge in [-0.3, -0.25) is 0 Å². The van der Waals surface area contributed by atoms with Crippen molar-refractivity contribution in [3.63, 3.8) is 0 Å². The number of fused-ring (bicyclic) bond motifs is 1. The van der Waals surface area contributed by atoms with Crippen LogP contribution in [-0.2, 0) is 0 Å². The summed E-state index contributed by atoms with van der Waals surface area (Å²) in [5.74, 6) is -1.63. The molecule has 2 heterocycles. The van der Waals surface area contributed by atoms with E-state index in [1.807, 2.05) is 0 Å². The molecule has 0 bridgehead atoms. The minimum atomic E-state index is -1.22. The quantitative estimate of drug-likeness (QED) is 0.652. The van der Waals surface area contributed by atoms with Gasteiger partial charge in [0.2, 0.25) is 0 Å². The summed E-state index contributed by atoms with van der Waals surface area (Å²) >= 11 is 0. The summed E-state index contributed by atoms with van der Waals surface area (Å²) in [6.45, 7) is 1.67. The minimum absolute atomic E-state index is 0.202. The van der Waals surface area contributed by atoms with Crippen molar-refractivity contribution in [3.8, 4) is 0 Å². The van der Waals surface area contributed by atoms with Crippen LogP contribution >= 0.6 is 0 Å². The molecule has 1 saturated carbocycles. The third-order valence-electron chi connectivity index (χ3n) is 5.42. The first kappa shape index (κ1) is 18.0. The van der Waals surface area contributed by atoms with Crippen LogP contribution in [0.2, 0.25) is 0 Å². The first-order valence-corrected chi connectivity index (χ1v) is 8.65. The van der Waals surface area contributed by atoms with E-state index in [0.717, 1.165) is 0 Å². The average molecular weight is 375 g/mol. The molecule has 6 nitrogen and oxygen atoms in total. The van der Waals surface area contributed by atoms with Crippen LogP contribution in [0.1, 0.15) is 29.8 Å². The normalized spacial score (nSPS) is 26.6. The molecule has 0 aliphatic heterocycles. The fraction of sp³-hybridized carbons (Fsp3) is 0.368. The SMILES string of the molecule is Cc1ncnc2c1c(F)cn2[C@@H]1C[C@H]([C@@H](O)c2ccc(F)cc2)[C@@H](O)[C@H]1O. The van der Waals surface area contributed by atoms with E-state index in [-0.39, 0.29) is 11.8 Å². The Balaban J connectivity index is 1.68. The summed E-state index contributed by atoms with van der Waals surface area (Å²) in [6, 6.07) is 4.66. The van der Waals surface area contributed by atoms with Gasteiger partial charge in [-0.1, -0.05) is 12.1 Å². The number of rotatable bonds is 3. The van der Waals surface area contributed by atoms with E-state index in [1.54, 1.807) is 6.92 Å². The Hall–Kier alpha value is -2.42. The fourth-order valence-corrected chi connectivity index (χ4v) is 3.98. The summed E-state index contributed by atoms with van der Waals surface area (Å²) in [5, 5.41) is 31.9. The molecule has 8 heteroatoms. The highest BCUT2D eigenvalue weighted by Crippen LogP contribution is 2.43. The smallest absolute Gasteiger partial charge is 0.152 e. The number of aliphatic hydroxyl groups is 3. The Morgan fingerprint density at radius 1 is 1.11 bits per heavy atom. The zero-order valence-electron chi connectivity index (χ0n) is 14.5. The summed E-state index contributed by atoms with van der Waals surface area (Å²) < 4.78 is 29.0. The van der Waals surface area contributed by atoms with Gasteiger partial charge in [-0.25, -0.2) is 18.7 Å². The molecule has 1 aromatic carbocycles. The molecule has 1 fully saturated rings. The van der Waals surface area contributed by atoms with Crippen molar-refractivity contribution in [2.45, 2.75) is 37.7 Å². The predicted molar refractivity (Wildman–Crippen MR) is 92.7 cm³/mol. The molecule has 27 heavy (non-hydrogen) atoms. The molecule has 142 valence electrons. The molecule has 3 aromatic rings. The van der Waals surface area contributed by atoms with Gasteiger partial charge >= 0.3 is 0 Å². The Kier molecular flexibility index (Phi) is 4.41. The molecule has 1 aliphatic rings. The second-order valence-electron chi connectivity index (χ2n) is 6.99. The molecule has 1 aliphatic carbocycles. The van der Waals surface area contributed by atoms with E-state index in [2.05, 4.69) is 9.97 Å². The van der Waals surface area contributed by atoms with E-state index < -0.39 is 41.9 Å². The van der Waals surface area contributed by atoms with Gasteiger partial charge in [-0.15, -0.1) is 0 Å². The average Bonchev–Trinajstić information content (AvgIpc) is 3.13. The van der Waals surface area contributed by atoms with Crippen molar-refractivity contribution in [1.29, 1.82) is 0 Å². The van der Waals surface area contributed by atoms with Crippen LogP contribution in [0.5, 0.6) is 0 Å². The Bertz CT molecular complexity index is 976. The molecule has 5 atom stereocenters. The number of hydrogen-bond acceptors (Lipinski definition) is 5. The first-order chi connectivity index (χ1) is 12.9. The van der Waals surface area contributed by atoms with Crippen LogP contribution < -0.4 is 0 Å². The summed E-state index contributed by atoms with van der Waals surface area (Å²) in [5.41, 5.74) is 1.25. The van der Waals surface area contributed by atoms with Crippen molar-refractivity contribution < 1.29 is 24.1 Å². The molecule has 4 rings (SSSR count). The Morgan fingerprint density at radius 3 is 2.52 bits per heavy atom. The van der Waals surface area contributed by atoms with Gasteiger partial charge in [-0.2, -0.15) is 0 Å². The lowest BCUT2D eigenvalue weighted by Gasteiger charge is -2.22. The number of aryl methyl sites for hydroxylation is 1. The minimum Gasteiger partial charge on any atom is -0.390 e. The maximum Gasteiger partial charge on any atom is 0.152 e. The van der Waals surface area contributed by atoms with E-state index in [9.17, 15) is 24.1 Å². The molecule has 0 saturated heterocycles. The molecule has 0 unspecified atom stereocenters. The molecule has 0 amide bonds. The first-order valence-electron chi connectivity index (χ1n) is 8.65. The fourth-order valence-electron chi connectivity index (χ4n) is 3.98. The molecule has 2 aromatic heterocycles. The van der Waals surface area contributed by atoms with E-state index in [0.29, 0.717) is 16.9 Å². The van der Waals surface area contributed by atoms with E-state index in [4.69, 9.17) is 0 Å². The zero-order valence-corrected chi connectivity index (χ0v) is 14.5. The highest BCUT2D eigenvalue weighted by Gasteiger charge is 2.46. The van der Waals surface area contributed by atoms with Crippen molar-refractivity contribution in [1.82, 2.24) is 14.5 Å². The van der Waals surface area contributed by atoms with Crippen LogP contribution in [0.4, 0.5) is 8.78 Å². The zero-order chi connectivity index (χ0) is 19.3. The van der Waals surface area contributed by atoms with Crippen LogP contribution in [0.3, 0.4) is 0 Å². The van der Waals surface area contributed by atoms with Gasteiger partial charge in [0.1, 0.15) is 23.9 Å². The number of nitrogens with zero attached hydrogens (tertiary/aromatic N) is 3. The van der Waals surface area contributed by atoms with Crippen LogP contribution in [0.25, 0.3) is 11.0 Å². The number of aliphatic hydroxyl groups excluding tert-OH is 3. The van der Waals surface area contributed by atoms with Gasteiger partial charge in [-0.05, 0) is 31.0 Å². The van der Waals surface area contributed by atoms with Gasteiger partial charge in [0, 0.05) is 12.1 Å². The van der Waals surface area contributed by atoms with Gasteiger partial charge in [0.15, 0.2) is 5.82 Å². The number of benzene rings is 1. The maximum absolute atomic E-state index is 14.4. The summed E-state index contributed by atoms with van der Waals surface area (Å²) in [6.07, 6.45) is -0.777. The van der Waals surface area contributed by atoms with Crippen molar-refractivity contribution in [2.75, 3.05) is 0 Å². The molecule has 0 spiro atoms. The van der Waals surface area contributed by atoms with Crippen LogP contribution in [0.15, 0.2) is 36.8 Å². The van der Waals surface area contributed by atoms with E-state index in [1.165, 1.54) is 41.4 Å². The van der Waals surface area contributed by atoms with Crippen LogP contribution in [0, 0.1) is 24.5 Å². The molecular weight excluding hydrogens is 356 g/mol. The van der Waals surface area contributed by atoms with Gasteiger partial charge in [0.25, 0.3) is 0 Å². The predicted octanol–water partition coefficient (Wildman–Crippen LogP) is 2.03. The van der Waals surface area contributed by atoms with Gasteiger partial charge < -0.3 is 19.9 Å². The maximum atomic E-state index is 14.4. The molecular formula is C19H19F2N3O3. The summed E-state index contributed by atoms with van der Waals surface area (Å²) in [7, 11) is 0. The lowest BCUT2D eigenvalue weighted by molar-refractivity contribution is -0.0265. The standard InChI is InChI=1S/C19H19F2N3O3/c1-9-15-13(21)7-24(19(15)23-8-22-9)14-6-12(17(26)18(14)27)16(25)10-2-4-11(20)5-3-10/h2-5,7-8,12,14,16-18,25-27H,6H2,1H3/t12-,14-,16+,17-,18+/m1/s1. The summed E-state index contributed by atoms with van der Waals surface area (Å²) in [4.78, 5) is 8.10. The van der Waals surface area contributed by atoms with Crippen molar-refractivity contribution in [2.24, 2.45) is 5.92 Å². The third kappa shape index (κ3) is 2.90. The lowest BCUT2D eigenvalue weighted by Crippen LogP contribution is -2.31. The van der Waals surface area contributed by atoms with Crippen molar-refractivity contribution >= 4 is 11.0 Å². The van der Waals surface area contributed by atoms with Crippen molar-refractivity contribution in [3.05, 3.63) is 59.7 Å². The number of aromatic nitrogens is 3. The second kappa shape index (κ2) is 6.63. The second-order valence-corrected chi connectivity index (χ2v) is 6.99. The highest BCUT2D eigenvalue weighted by atomic mass is 19.1. The number of hydrogen-bond donors (Lipinski definition) is 3. The monoisotopic (exact) mass is 375 g/mol. The van der Waals surface area contributed by atoms with Gasteiger partial charge in [0.05, 0.1) is 29.3 Å². The molecule has 3 N–H and O–H groups in total. The Labute approximate surface area is 153 Å². The van der Waals surface area contributed by atoms with E-state index >= 15 is 0 Å².